The number of hydrogen-bond acceptors (Lipinski definition) is 5. The molecule has 2 aromatic heterocycles. The summed E-state index contributed by atoms with van der Waals surface area (Å²) in [6, 6.07) is 7.54. The van der Waals surface area contributed by atoms with E-state index in [1.165, 1.54) is 19.3 Å². The number of fused-ring (bicyclic) bond motifs is 1. The molecule has 28 heavy (non-hydrogen) atoms. The first-order chi connectivity index (χ1) is 13.7. The maximum atomic E-state index is 8.75. The summed E-state index contributed by atoms with van der Waals surface area (Å²) >= 11 is 7.32. The minimum Gasteiger partial charge on any atom is -0.493 e. The first kappa shape index (κ1) is 21.0. The topological polar surface area (TPSA) is 59.4 Å². The highest BCUT2D eigenvalue weighted by molar-refractivity contribution is 7.93. The fraction of sp³-hybridized carbons (Fsp3) is 0.429. The van der Waals surface area contributed by atoms with Gasteiger partial charge in [0.25, 0.3) is 0 Å². The third kappa shape index (κ3) is 5.63. The van der Waals surface area contributed by atoms with Crippen molar-refractivity contribution in [2.75, 3.05) is 12.4 Å². The molecule has 0 saturated heterocycles. The van der Waals surface area contributed by atoms with Crippen molar-refractivity contribution in [1.29, 1.82) is 0 Å². The number of pyridine rings is 1. The van der Waals surface area contributed by atoms with Crippen molar-refractivity contribution in [3.63, 3.8) is 0 Å². The lowest BCUT2D eigenvalue weighted by molar-refractivity contribution is -0.697. The second-order valence-corrected chi connectivity index (χ2v) is 7.76. The Morgan fingerprint density at radius 2 is 2.11 bits per heavy atom. The van der Waals surface area contributed by atoms with E-state index >= 15 is 0 Å². The molecule has 0 spiro atoms. The summed E-state index contributed by atoms with van der Waals surface area (Å²) in [5.41, 5.74) is 2.21. The van der Waals surface area contributed by atoms with Crippen LogP contribution in [0.4, 0.5) is 0 Å². The molecule has 0 atom stereocenters. The van der Waals surface area contributed by atoms with Crippen molar-refractivity contribution in [2.24, 2.45) is 0 Å². The molecule has 3 rings (SSSR count). The Hall–Kier alpha value is -1.76. The SMILES string of the molecule is CCCCCC[n+]1ccc(-c2nc3ccc(OCCCSO)cc3o2)c(Cl)c1. The van der Waals surface area contributed by atoms with Crippen LogP contribution in [0.25, 0.3) is 22.6 Å². The molecule has 0 fully saturated rings. The number of benzene rings is 1. The van der Waals surface area contributed by atoms with E-state index in [1.807, 2.05) is 36.7 Å². The fourth-order valence-electron chi connectivity index (χ4n) is 2.97. The minimum atomic E-state index is 0.506. The quantitative estimate of drug-likeness (QED) is 0.234. The zero-order valence-corrected chi connectivity index (χ0v) is 17.6. The van der Waals surface area contributed by atoms with Gasteiger partial charge < -0.3 is 13.7 Å². The van der Waals surface area contributed by atoms with E-state index in [9.17, 15) is 0 Å². The second-order valence-electron chi connectivity index (χ2n) is 6.69. The van der Waals surface area contributed by atoms with Gasteiger partial charge in [0.2, 0.25) is 5.89 Å². The average Bonchev–Trinajstić information content (AvgIpc) is 3.12. The van der Waals surface area contributed by atoms with Gasteiger partial charge in [-0.3, -0.25) is 0 Å². The molecule has 5 nitrogen and oxygen atoms in total. The molecule has 2 heterocycles. The lowest BCUT2D eigenvalue weighted by Crippen LogP contribution is -2.32. The van der Waals surface area contributed by atoms with E-state index in [0.717, 1.165) is 48.3 Å². The van der Waals surface area contributed by atoms with Gasteiger partial charge in [-0.2, -0.15) is 0 Å². The first-order valence-corrected chi connectivity index (χ1v) is 11.0. The zero-order chi connectivity index (χ0) is 19.8. The number of rotatable bonds is 11. The number of unbranched alkanes of at least 4 members (excludes halogenated alkanes) is 3. The van der Waals surface area contributed by atoms with Crippen LogP contribution in [0.2, 0.25) is 5.02 Å². The third-order valence-electron chi connectivity index (χ3n) is 4.48. The molecule has 1 N–H and O–H groups in total. The molecule has 150 valence electrons. The maximum absolute atomic E-state index is 8.75. The normalized spacial score (nSPS) is 11.2. The predicted octanol–water partition coefficient (Wildman–Crippen LogP) is 5.99. The van der Waals surface area contributed by atoms with Gasteiger partial charge >= 0.3 is 0 Å². The Bertz CT molecular complexity index is 900. The number of halogens is 1. The number of nitrogens with zero attached hydrogens (tertiary/aromatic N) is 2. The van der Waals surface area contributed by atoms with Crippen molar-refractivity contribution >= 4 is 34.7 Å². The molecular weight excluding hydrogens is 396 g/mol. The van der Waals surface area contributed by atoms with Crippen LogP contribution >= 0.6 is 23.6 Å². The molecular formula is C21H26ClN2O3S+. The largest absolute Gasteiger partial charge is 0.493 e. The van der Waals surface area contributed by atoms with E-state index in [2.05, 4.69) is 16.5 Å². The number of hydrogen-bond donors (Lipinski definition) is 1. The van der Waals surface area contributed by atoms with E-state index in [-0.39, 0.29) is 0 Å². The van der Waals surface area contributed by atoms with Crippen LogP contribution in [0.1, 0.15) is 39.0 Å². The van der Waals surface area contributed by atoms with Crippen LogP contribution in [0.15, 0.2) is 41.1 Å². The average molecular weight is 422 g/mol. The summed E-state index contributed by atoms with van der Waals surface area (Å²) in [4.78, 5) is 4.56. The number of aromatic nitrogens is 2. The Kier molecular flexibility index (Phi) is 8.01. The lowest BCUT2D eigenvalue weighted by Gasteiger charge is -2.04. The van der Waals surface area contributed by atoms with Crippen LogP contribution < -0.4 is 9.30 Å². The van der Waals surface area contributed by atoms with E-state index < -0.39 is 0 Å². The molecule has 0 saturated carbocycles. The monoisotopic (exact) mass is 421 g/mol. The summed E-state index contributed by atoms with van der Waals surface area (Å²) in [5.74, 6) is 1.88. The predicted molar refractivity (Wildman–Crippen MR) is 114 cm³/mol. The van der Waals surface area contributed by atoms with E-state index in [4.69, 9.17) is 25.3 Å². The van der Waals surface area contributed by atoms with Gasteiger partial charge in [-0.15, -0.1) is 0 Å². The van der Waals surface area contributed by atoms with Crippen molar-refractivity contribution in [2.45, 2.75) is 45.6 Å². The van der Waals surface area contributed by atoms with Crippen LogP contribution in [0, 0.1) is 0 Å². The molecule has 0 amide bonds. The van der Waals surface area contributed by atoms with Gasteiger partial charge in [0.1, 0.15) is 22.8 Å². The van der Waals surface area contributed by atoms with Crippen molar-refractivity contribution in [3.8, 4) is 17.2 Å². The van der Waals surface area contributed by atoms with Crippen LogP contribution in [-0.4, -0.2) is 21.9 Å². The number of ether oxygens (including phenoxy) is 1. The Labute approximate surface area is 174 Å². The fourth-order valence-corrected chi connectivity index (χ4v) is 3.48. The van der Waals surface area contributed by atoms with Gasteiger partial charge in [-0.1, -0.05) is 31.4 Å². The van der Waals surface area contributed by atoms with Crippen molar-refractivity contribution < 1.29 is 18.3 Å². The number of aryl methyl sites for hydroxylation is 1. The Balaban J connectivity index is 1.70. The molecule has 0 aliphatic rings. The summed E-state index contributed by atoms with van der Waals surface area (Å²) in [6.45, 7) is 3.72. The highest BCUT2D eigenvalue weighted by Gasteiger charge is 2.15. The molecule has 0 radical (unpaired) electrons. The summed E-state index contributed by atoms with van der Waals surface area (Å²) in [5, 5.41) is 0.627. The van der Waals surface area contributed by atoms with E-state index in [0.29, 0.717) is 28.9 Å². The lowest BCUT2D eigenvalue weighted by atomic mass is 10.2. The standard InChI is InChI=1S/C21H25ClN2O3S/c1-2-3-4-5-10-24-11-9-17(18(22)15-24)21-23-19-8-7-16(14-20(19)27-21)26-12-6-13-28-25/h7-9,11,14-15H,2-6,10,12-13H2,1H3/p+1. The molecule has 0 unspecified atom stereocenters. The Morgan fingerprint density at radius 3 is 2.89 bits per heavy atom. The van der Waals surface area contributed by atoms with Crippen LogP contribution in [0.5, 0.6) is 5.75 Å². The second kappa shape index (κ2) is 10.7. The van der Waals surface area contributed by atoms with Crippen molar-refractivity contribution in [3.05, 3.63) is 41.7 Å². The minimum absolute atomic E-state index is 0.506. The van der Waals surface area contributed by atoms with E-state index in [1.54, 1.807) is 0 Å². The van der Waals surface area contributed by atoms with Crippen LogP contribution in [0.3, 0.4) is 0 Å². The number of oxazole rings is 1. The molecule has 0 bridgehead atoms. The molecule has 3 aromatic rings. The zero-order valence-electron chi connectivity index (χ0n) is 16.1. The van der Waals surface area contributed by atoms with Gasteiger partial charge in [0, 0.05) is 24.3 Å². The highest BCUT2D eigenvalue weighted by Crippen LogP contribution is 2.30. The summed E-state index contributed by atoms with van der Waals surface area (Å²) < 4.78 is 22.5. The molecule has 7 heteroatoms. The summed E-state index contributed by atoms with van der Waals surface area (Å²) in [7, 11) is 0. The highest BCUT2D eigenvalue weighted by atomic mass is 35.5. The van der Waals surface area contributed by atoms with Gasteiger partial charge in [0.05, 0.1) is 12.2 Å². The van der Waals surface area contributed by atoms with Crippen LogP contribution in [-0.2, 0) is 6.54 Å². The van der Waals surface area contributed by atoms with Gasteiger partial charge in [0.15, 0.2) is 18.0 Å². The Morgan fingerprint density at radius 1 is 1.21 bits per heavy atom. The van der Waals surface area contributed by atoms with Crippen molar-refractivity contribution in [1.82, 2.24) is 4.98 Å². The van der Waals surface area contributed by atoms with Gasteiger partial charge in [-0.25, -0.2) is 9.55 Å². The molecule has 0 aliphatic carbocycles. The van der Waals surface area contributed by atoms with Gasteiger partial charge in [-0.05, 0) is 37.0 Å². The maximum Gasteiger partial charge on any atom is 0.229 e. The third-order valence-corrected chi connectivity index (χ3v) is 5.25. The smallest absolute Gasteiger partial charge is 0.229 e. The summed E-state index contributed by atoms with van der Waals surface area (Å²) in [6.07, 6.45) is 9.62. The molecule has 0 aliphatic heterocycles. The molecule has 1 aromatic carbocycles. The first-order valence-electron chi connectivity index (χ1n) is 9.70.